The third-order valence-corrected chi connectivity index (χ3v) is 5.42. The maximum atomic E-state index is 12.5. The van der Waals surface area contributed by atoms with E-state index in [0.29, 0.717) is 29.6 Å². The van der Waals surface area contributed by atoms with E-state index < -0.39 is 0 Å². The summed E-state index contributed by atoms with van der Waals surface area (Å²) >= 11 is 1.48. The summed E-state index contributed by atoms with van der Waals surface area (Å²) in [4.78, 5) is 12.5. The molecule has 3 aromatic rings. The van der Waals surface area contributed by atoms with Crippen LogP contribution < -0.4 is 14.8 Å². The highest BCUT2D eigenvalue weighted by atomic mass is 32.2. The van der Waals surface area contributed by atoms with E-state index in [1.807, 2.05) is 55.5 Å². The molecule has 152 valence electrons. The average Bonchev–Trinajstić information content (AvgIpc) is 3.24. The molecule has 0 bridgehead atoms. The summed E-state index contributed by atoms with van der Waals surface area (Å²) in [5.41, 5.74) is 1.82. The summed E-state index contributed by atoms with van der Waals surface area (Å²) in [5, 5.41) is 14.6. The van der Waals surface area contributed by atoms with Crippen LogP contribution in [0.15, 0.2) is 48.5 Å². The summed E-state index contributed by atoms with van der Waals surface area (Å²) in [5.74, 6) is 2.45. The first-order chi connectivity index (χ1) is 14.1. The van der Waals surface area contributed by atoms with Crippen molar-refractivity contribution in [2.24, 2.45) is 0 Å². The van der Waals surface area contributed by atoms with Gasteiger partial charge in [-0.25, -0.2) is 0 Å². The second-order valence-electron chi connectivity index (χ2n) is 6.20. The van der Waals surface area contributed by atoms with Crippen molar-refractivity contribution in [2.75, 3.05) is 14.2 Å². The van der Waals surface area contributed by atoms with E-state index in [4.69, 9.17) is 9.47 Å². The molecule has 0 fully saturated rings. The number of hydrogen-bond acceptors (Lipinski definition) is 7. The number of rotatable bonds is 9. The largest absolute Gasteiger partial charge is 0.493 e. The van der Waals surface area contributed by atoms with Gasteiger partial charge in [-0.15, -0.1) is 16.9 Å². The zero-order valence-electron chi connectivity index (χ0n) is 16.5. The first kappa shape index (κ1) is 20.7. The first-order valence-corrected chi connectivity index (χ1v) is 10.1. The Morgan fingerprint density at radius 3 is 2.62 bits per heavy atom. The Morgan fingerprint density at radius 1 is 1.14 bits per heavy atom. The van der Waals surface area contributed by atoms with Crippen molar-refractivity contribution >= 4 is 17.7 Å². The Hall–Kier alpha value is -3.07. The van der Waals surface area contributed by atoms with Crippen LogP contribution in [0.2, 0.25) is 0 Å². The van der Waals surface area contributed by atoms with Crippen LogP contribution in [0.1, 0.15) is 18.3 Å². The number of thioether (sulfide) groups is 1. The molecule has 1 aromatic heterocycles. The van der Waals surface area contributed by atoms with E-state index in [1.165, 1.54) is 11.8 Å². The molecule has 1 atom stereocenters. The molecule has 1 unspecified atom stereocenters. The fourth-order valence-electron chi connectivity index (χ4n) is 2.66. The van der Waals surface area contributed by atoms with Crippen LogP contribution in [-0.4, -0.2) is 45.6 Å². The Labute approximate surface area is 173 Å². The molecule has 8 nitrogen and oxygen atoms in total. The van der Waals surface area contributed by atoms with Gasteiger partial charge in [0.25, 0.3) is 0 Å². The number of carbonyl (C=O) groups is 1. The van der Waals surface area contributed by atoms with Crippen molar-refractivity contribution < 1.29 is 14.3 Å². The van der Waals surface area contributed by atoms with Gasteiger partial charge in [-0.2, -0.15) is 4.68 Å². The third kappa shape index (κ3) is 5.26. The molecular weight excluding hydrogens is 390 g/mol. The molecule has 0 aliphatic heterocycles. The normalized spacial score (nSPS) is 11.7. The van der Waals surface area contributed by atoms with Crippen LogP contribution >= 0.6 is 11.8 Å². The molecule has 1 heterocycles. The first-order valence-electron chi connectivity index (χ1n) is 9.05. The van der Waals surface area contributed by atoms with E-state index in [0.717, 1.165) is 11.3 Å². The van der Waals surface area contributed by atoms with Crippen LogP contribution in [0.4, 0.5) is 0 Å². The molecule has 0 saturated carbocycles. The molecule has 0 aliphatic rings. The van der Waals surface area contributed by atoms with E-state index in [1.54, 1.807) is 18.9 Å². The lowest BCUT2D eigenvalue weighted by molar-refractivity contribution is -0.120. The van der Waals surface area contributed by atoms with Gasteiger partial charge in [-0.1, -0.05) is 24.3 Å². The number of amides is 1. The summed E-state index contributed by atoms with van der Waals surface area (Å²) < 4.78 is 12.2. The van der Waals surface area contributed by atoms with Crippen molar-refractivity contribution in [3.63, 3.8) is 0 Å². The molecule has 0 saturated heterocycles. The Kier molecular flexibility index (Phi) is 7.07. The third-order valence-electron chi connectivity index (χ3n) is 4.28. The lowest BCUT2D eigenvalue weighted by Crippen LogP contribution is -2.30. The molecule has 9 heteroatoms. The number of benzene rings is 2. The minimum Gasteiger partial charge on any atom is -0.493 e. The zero-order chi connectivity index (χ0) is 20.6. The molecule has 1 N–H and O–H groups in total. The van der Waals surface area contributed by atoms with Gasteiger partial charge < -0.3 is 14.8 Å². The highest BCUT2D eigenvalue weighted by molar-refractivity contribution is 7.99. The number of tetrazole rings is 1. The predicted molar refractivity (Wildman–Crippen MR) is 111 cm³/mol. The summed E-state index contributed by atoms with van der Waals surface area (Å²) in [6, 6.07) is 15.2. The molecular formula is C20H23N5O3S. The fourth-order valence-corrected chi connectivity index (χ4v) is 3.48. The number of hydrogen-bond donors (Lipinski definition) is 1. The number of nitrogens with zero attached hydrogens (tertiary/aromatic N) is 4. The highest BCUT2D eigenvalue weighted by Gasteiger charge is 2.16. The topological polar surface area (TPSA) is 91.2 Å². The average molecular weight is 414 g/mol. The minimum atomic E-state index is -0.254. The number of para-hydroxylation sites is 1. The fraction of sp³-hybridized carbons (Fsp3) is 0.300. The number of ether oxygens (including phenoxy) is 2. The summed E-state index contributed by atoms with van der Waals surface area (Å²) in [6.07, 6.45) is 0. The van der Waals surface area contributed by atoms with Crippen molar-refractivity contribution in [3.8, 4) is 17.2 Å². The van der Waals surface area contributed by atoms with E-state index in [9.17, 15) is 4.79 Å². The van der Waals surface area contributed by atoms with Crippen molar-refractivity contribution in [2.45, 2.75) is 24.5 Å². The second kappa shape index (κ2) is 9.92. The minimum absolute atomic E-state index is 0.0523. The van der Waals surface area contributed by atoms with Crippen molar-refractivity contribution in [3.05, 3.63) is 59.9 Å². The zero-order valence-corrected chi connectivity index (χ0v) is 17.3. The van der Waals surface area contributed by atoms with Gasteiger partial charge in [-0.05, 0) is 47.2 Å². The molecule has 0 spiro atoms. The number of nitrogens with one attached hydrogen (secondary N) is 1. The summed E-state index contributed by atoms with van der Waals surface area (Å²) in [6.45, 7) is 2.27. The lowest BCUT2D eigenvalue weighted by atomic mass is 10.2. The predicted octanol–water partition coefficient (Wildman–Crippen LogP) is 2.62. The maximum absolute atomic E-state index is 12.5. The van der Waals surface area contributed by atoms with Crippen LogP contribution in [-0.2, 0) is 17.1 Å². The van der Waals surface area contributed by atoms with Gasteiger partial charge in [0.05, 0.1) is 30.9 Å². The Balaban J connectivity index is 1.54. The van der Waals surface area contributed by atoms with Crippen LogP contribution in [0, 0.1) is 0 Å². The smallest absolute Gasteiger partial charge is 0.233 e. The highest BCUT2D eigenvalue weighted by Crippen LogP contribution is 2.27. The SMILES string of the molecule is COc1ccc(CNC(=O)C(C)SCc2nnnn2-c2ccccc2)cc1OC. The number of methoxy groups -OCH3 is 2. The molecule has 1 amide bonds. The van der Waals surface area contributed by atoms with Crippen LogP contribution in [0.5, 0.6) is 11.5 Å². The molecule has 29 heavy (non-hydrogen) atoms. The number of aromatic nitrogens is 4. The Morgan fingerprint density at radius 2 is 1.90 bits per heavy atom. The molecule has 0 radical (unpaired) electrons. The van der Waals surface area contributed by atoms with Crippen molar-refractivity contribution in [1.29, 1.82) is 0 Å². The van der Waals surface area contributed by atoms with Gasteiger partial charge in [0.15, 0.2) is 17.3 Å². The van der Waals surface area contributed by atoms with Gasteiger partial charge in [0.2, 0.25) is 5.91 Å². The van der Waals surface area contributed by atoms with Gasteiger partial charge >= 0.3 is 0 Å². The van der Waals surface area contributed by atoms with Gasteiger partial charge in [-0.3, -0.25) is 4.79 Å². The van der Waals surface area contributed by atoms with E-state index in [2.05, 4.69) is 20.8 Å². The summed E-state index contributed by atoms with van der Waals surface area (Å²) in [7, 11) is 3.17. The lowest BCUT2D eigenvalue weighted by Gasteiger charge is -2.13. The van der Waals surface area contributed by atoms with Crippen LogP contribution in [0.25, 0.3) is 5.69 Å². The van der Waals surface area contributed by atoms with Crippen molar-refractivity contribution in [1.82, 2.24) is 25.5 Å². The quantitative estimate of drug-likeness (QED) is 0.577. The van der Waals surface area contributed by atoms with Crippen LogP contribution in [0.3, 0.4) is 0 Å². The number of carbonyl (C=O) groups excluding carboxylic acids is 1. The molecule has 0 aliphatic carbocycles. The second-order valence-corrected chi connectivity index (χ2v) is 7.53. The monoisotopic (exact) mass is 413 g/mol. The standard InChI is InChI=1S/C20H23N5O3S/c1-14(20(26)21-12-15-9-10-17(27-2)18(11-15)28-3)29-13-19-22-23-24-25(19)16-7-5-4-6-8-16/h4-11,14H,12-13H2,1-3H3,(H,21,26). The van der Waals surface area contributed by atoms with Gasteiger partial charge in [0.1, 0.15) is 0 Å². The maximum Gasteiger partial charge on any atom is 0.233 e. The molecule has 2 aromatic carbocycles. The molecule has 3 rings (SSSR count). The van der Waals surface area contributed by atoms with E-state index >= 15 is 0 Å². The van der Waals surface area contributed by atoms with Gasteiger partial charge in [0, 0.05) is 6.54 Å². The van der Waals surface area contributed by atoms with E-state index in [-0.39, 0.29) is 11.2 Å². The Bertz CT molecular complexity index is 948.